The fraction of sp³-hybridized carbons (Fsp3) is 0.111. The summed E-state index contributed by atoms with van der Waals surface area (Å²) in [5.74, 6) is 1.64. The minimum absolute atomic E-state index is 0.588. The van der Waals surface area contributed by atoms with Gasteiger partial charge in [0.15, 0.2) is 11.5 Å². The predicted octanol–water partition coefficient (Wildman–Crippen LogP) is 4.31. The molecule has 3 aromatic rings. The molecule has 2 heteroatoms. The Hall–Kier alpha value is -2.48. The van der Waals surface area contributed by atoms with Gasteiger partial charge in [0, 0.05) is 0 Å². The molecule has 0 aliphatic carbocycles. The number of hydrogen-bond donors (Lipinski definition) is 0. The highest BCUT2D eigenvalue weighted by molar-refractivity contribution is 5.86. The lowest BCUT2D eigenvalue weighted by Crippen LogP contribution is -2.08. The summed E-state index contributed by atoms with van der Waals surface area (Å²) in [5.41, 5.74) is 2.37. The lowest BCUT2D eigenvalue weighted by molar-refractivity contribution is 0.238. The average molecular weight is 262 g/mol. The summed E-state index contributed by atoms with van der Waals surface area (Å²) in [6.07, 6.45) is 0. The maximum absolute atomic E-state index is 5.94. The first-order valence-corrected chi connectivity index (χ1v) is 6.75. The quantitative estimate of drug-likeness (QED) is 0.601. The van der Waals surface area contributed by atoms with Gasteiger partial charge in [0.2, 0.25) is 0 Å². The van der Waals surface area contributed by atoms with Gasteiger partial charge in [0.1, 0.15) is 13.2 Å². The molecule has 0 spiro atoms. The number of hydrogen-bond acceptors (Lipinski definition) is 2. The van der Waals surface area contributed by atoms with Crippen molar-refractivity contribution in [3.8, 4) is 11.5 Å². The van der Waals surface area contributed by atoms with Crippen molar-refractivity contribution < 1.29 is 9.47 Å². The monoisotopic (exact) mass is 262 g/mol. The summed E-state index contributed by atoms with van der Waals surface area (Å²) in [5, 5.41) is 2.34. The van der Waals surface area contributed by atoms with E-state index in [1.807, 2.05) is 24.3 Å². The van der Waals surface area contributed by atoms with Crippen LogP contribution in [0.5, 0.6) is 11.5 Å². The van der Waals surface area contributed by atoms with Crippen LogP contribution in [0, 0.1) is 0 Å². The molecule has 1 aliphatic rings. The van der Waals surface area contributed by atoms with Crippen LogP contribution in [0.1, 0.15) is 11.1 Å². The molecule has 20 heavy (non-hydrogen) atoms. The average Bonchev–Trinajstić information content (AvgIpc) is 2.49. The SMILES string of the molecule is c1ccc2c(c1)COc1cc3ccccc3cc1OC2. The van der Waals surface area contributed by atoms with Crippen molar-refractivity contribution in [2.75, 3.05) is 0 Å². The first-order chi connectivity index (χ1) is 9.90. The van der Waals surface area contributed by atoms with Gasteiger partial charge in [-0.2, -0.15) is 0 Å². The number of benzene rings is 3. The van der Waals surface area contributed by atoms with E-state index in [1.54, 1.807) is 0 Å². The molecular weight excluding hydrogens is 248 g/mol. The molecule has 0 saturated heterocycles. The molecule has 3 aromatic carbocycles. The molecule has 0 aromatic heterocycles. The van der Waals surface area contributed by atoms with Gasteiger partial charge in [-0.15, -0.1) is 0 Å². The van der Waals surface area contributed by atoms with Crippen molar-refractivity contribution in [2.24, 2.45) is 0 Å². The molecular formula is C18H14O2. The molecule has 2 nitrogen and oxygen atoms in total. The zero-order valence-corrected chi connectivity index (χ0v) is 11.0. The second-order valence-electron chi connectivity index (χ2n) is 4.99. The third kappa shape index (κ3) is 1.90. The fourth-order valence-electron chi connectivity index (χ4n) is 2.57. The van der Waals surface area contributed by atoms with Gasteiger partial charge in [-0.05, 0) is 34.0 Å². The van der Waals surface area contributed by atoms with E-state index in [1.165, 1.54) is 21.9 Å². The van der Waals surface area contributed by atoms with Gasteiger partial charge in [0.05, 0.1) is 0 Å². The van der Waals surface area contributed by atoms with Crippen molar-refractivity contribution in [3.05, 3.63) is 71.8 Å². The molecule has 0 unspecified atom stereocenters. The second-order valence-corrected chi connectivity index (χ2v) is 4.99. The minimum atomic E-state index is 0.588. The van der Waals surface area contributed by atoms with E-state index in [4.69, 9.17) is 9.47 Å². The topological polar surface area (TPSA) is 18.5 Å². The van der Waals surface area contributed by atoms with Crippen LogP contribution in [0.15, 0.2) is 60.7 Å². The molecule has 0 amide bonds. The molecule has 0 fully saturated rings. The van der Waals surface area contributed by atoms with Crippen LogP contribution in [-0.4, -0.2) is 0 Å². The number of ether oxygens (including phenoxy) is 2. The highest BCUT2D eigenvalue weighted by Crippen LogP contribution is 2.35. The van der Waals surface area contributed by atoms with Crippen molar-refractivity contribution in [1.29, 1.82) is 0 Å². The highest BCUT2D eigenvalue weighted by atomic mass is 16.5. The highest BCUT2D eigenvalue weighted by Gasteiger charge is 2.13. The van der Waals surface area contributed by atoms with Crippen molar-refractivity contribution in [1.82, 2.24) is 0 Å². The molecule has 0 radical (unpaired) electrons. The van der Waals surface area contributed by atoms with E-state index >= 15 is 0 Å². The first-order valence-electron chi connectivity index (χ1n) is 6.75. The third-order valence-electron chi connectivity index (χ3n) is 3.70. The molecule has 0 N–H and O–H groups in total. The van der Waals surface area contributed by atoms with Crippen molar-refractivity contribution in [2.45, 2.75) is 13.2 Å². The fourth-order valence-corrected chi connectivity index (χ4v) is 2.57. The Morgan fingerprint density at radius 2 is 1.05 bits per heavy atom. The van der Waals surface area contributed by atoms with Gasteiger partial charge >= 0.3 is 0 Å². The Labute approximate surface area is 117 Å². The molecule has 98 valence electrons. The van der Waals surface area contributed by atoms with Gasteiger partial charge < -0.3 is 9.47 Å². The van der Waals surface area contributed by atoms with E-state index in [2.05, 4.69) is 36.4 Å². The van der Waals surface area contributed by atoms with Gasteiger partial charge in [-0.3, -0.25) is 0 Å². The maximum Gasteiger partial charge on any atom is 0.162 e. The summed E-state index contributed by atoms with van der Waals surface area (Å²) in [6, 6.07) is 20.6. The van der Waals surface area contributed by atoms with Crippen LogP contribution >= 0.6 is 0 Å². The molecule has 1 aliphatic heterocycles. The normalized spacial score (nSPS) is 13.4. The van der Waals surface area contributed by atoms with Crippen LogP contribution < -0.4 is 9.47 Å². The van der Waals surface area contributed by atoms with Crippen LogP contribution in [0.4, 0.5) is 0 Å². The molecule has 0 saturated carbocycles. The van der Waals surface area contributed by atoms with Crippen LogP contribution in [0.2, 0.25) is 0 Å². The van der Waals surface area contributed by atoms with Crippen LogP contribution in [0.3, 0.4) is 0 Å². The van der Waals surface area contributed by atoms with Gasteiger partial charge in [-0.25, -0.2) is 0 Å². The van der Waals surface area contributed by atoms with E-state index in [9.17, 15) is 0 Å². The van der Waals surface area contributed by atoms with E-state index < -0.39 is 0 Å². The molecule has 0 bridgehead atoms. The van der Waals surface area contributed by atoms with Crippen molar-refractivity contribution in [3.63, 3.8) is 0 Å². The van der Waals surface area contributed by atoms with Gasteiger partial charge in [-0.1, -0.05) is 48.5 Å². The van der Waals surface area contributed by atoms with E-state index in [0.29, 0.717) is 13.2 Å². The lowest BCUT2D eigenvalue weighted by atomic mass is 10.1. The molecule has 1 heterocycles. The Morgan fingerprint density at radius 3 is 1.55 bits per heavy atom. The Morgan fingerprint density at radius 1 is 0.600 bits per heavy atom. The summed E-state index contributed by atoms with van der Waals surface area (Å²) < 4.78 is 11.9. The summed E-state index contributed by atoms with van der Waals surface area (Å²) in [4.78, 5) is 0. The van der Waals surface area contributed by atoms with Gasteiger partial charge in [0.25, 0.3) is 0 Å². The zero-order valence-electron chi connectivity index (χ0n) is 11.0. The molecule has 0 atom stereocenters. The standard InChI is InChI=1S/C18H14O2/c1-2-6-14-10-18-17(9-13(14)5-1)19-11-15-7-3-4-8-16(15)12-20-18/h1-10H,11-12H2. The summed E-state index contributed by atoms with van der Waals surface area (Å²) >= 11 is 0. The molecule has 4 rings (SSSR count). The van der Waals surface area contributed by atoms with E-state index in [-0.39, 0.29) is 0 Å². The Balaban J connectivity index is 1.79. The number of rotatable bonds is 0. The first kappa shape index (κ1) is 11.4. The Kier molecular flexibility index (Phi) is 2.59. The second kappa shape index (κ2) is 4.57. The third-order valence-corrected chi connectivity index (χ3v) is 3.70. The Bertz CT molecular complexity index is 712. The number of fused-ring (bicyclic) bond motifs is 3. The summed E-state index contributed by atoms with van der Waals surface area (Å²) in [7, 11) is 0. The predicted molar refractivity (Wildman–Crippen MR) is 79.1 cm³/mol. The summed E-state index contributed by atoms with van der Waals surface area (Å²) in [6.45, 7) is 1.18. The maximum atomic E-state index is 5.94. The minimum Gasteiger partial charge on any atom is -0.485 e. The van der Waals surface area contributed by atoms with Crippen LogP contribution in [-0.2, 0) is 13.2 Å². The van der Waals surface area contributed by atoms with Crippen molar-refractivity contribution >= 4 is 10.8 Å². The lowest BCUT2D eigenvalue weighted by Gasteiger charge is -2.19. The largest absolute Gasteiger partial charge is 0.485 e. The zero-order chi connectivity index (χ0) is 13.4. The van der Waals surface area contributed by atoms with E-state index in [0.717, 1.165) is 11.5 Å². The smallest absolute Gasteiger partial charge is 0.162 e. The van der Waals surface area contributed by atoms with Crippen LogP contribution in [0.25, 0.3) is 10.8 Å².